The fourth-order valence-electron chi connectivity index (χ4n) is 1.56. The lowest BCUT2D eigenvalue weighted by Gasteiger charge is -2.19. The standard InChI is InChI=1S/C11H17BrN2OS/c1-8(11(15)13-2)5-14(3)6-10-4-9(12)7-16-10/h4,7-8H,5-6H2,1-3H3,(H,13,15). The van der Waals surface area contributed by atoms with Crippen LogP contribution in [0.4, 0.5) is 0 Å². The van der Waals surface area contributed by atoms with E-state index in [2.05, 4.69) is 37.6 Å². The Morgan fingerprint density at radius 3 is 2.88 bits per heavy atom. The van der Waals surface area contributed by atoms with Crippen molar-refractivity contribution >= 4 is 33.2 Å². The molecule has 0 fully saturated rings. The predicted octanol–water partition coefficient (Wildman–Crippen LogP) is 2.32. The van der Waals surface area contributed by atoms with Crippen LogP contribution in [0.5, 0.6) is 0 Å². The van der Waals surface area contributed by atoms with E-state index in [0.29, 0.717) is 0 Å². The summed E-state index contributed by atoms with van der Waals surface area (Å²) in [5.74, 6) is 0.123. The van der Waals surface area contributed by atoms with Crippen molar-refractivity contribution in [3.63, 3.8) is 0 Å². The molecule has 0 aliphatic rings. The van der Waals surface area contributed by atoms with Crippen molar-refractivity contribution in [3.8, 4) is 0 Å². The molecule has 5 heteroatoms. The predicted molar refractivity (Wildman–Crippen MR) is 71.6 cm³/mol. The molecule has 1 N–H and O–H groups in total. The number of nitrogens with zero attached hydrogens (tertiary/aromatic N) is 1. The molecule has 0 radical (unpaired) electrons. The highest BCUT2D eigenvalue weighted by Gasteiger charge is 2.13. The first kappa shape index (κ1) is 13.7. The number of carbonyl (C=O) groups is 1. The summed E-state index contributed by atoms with van der Waals surface area (Å²) in [6.45, 7) is 3.60. The van der Waals surface area contributed by atoms with Crippen molar-refractivity contribution in [2.24, 2.45) is 5.92 Å². The molecule has 0 aliphatic heterocycles. The van der Waals surface area contributed by atoms with E-state index in [4.69, 9.17) is 0 Å². The Bertz CT molecular complexity index is 354. The number of carbonyl (C=O) groups excluding carboxylic acids is 1. The van der Waals surface area contributed by atoms with Crippen molar-refractivity contribution in [3.05, 3.63) is 20.8 Å². The molecule has 1 rings (SSSR count). The number of thiophene rings is 1. The Morgan fingerprint density at radius 1 is 1.69 bits per heavy atom. The molecule has 1 unspecified atom stereocenters. The van der Waals surface area contributed by atoms with E-state index in [1.807, 2.05) is 14.0 Å². The van der Waals surface area contributed by atoms with E-state index in [9.17, 15) is 4.79 Å². The summed E-state index contributed by atoms with van der Waals surface area (Å²) in [6.07, 6.45) is 0. The summed E-state index contributed by atoms with van der Waals surface area (Å²) in [6, 6.07) is 2.12. The maximum atomic E-state index is 11.4. The monoisotopic (exact) mass is 304 g/mol. The molecule has 0 saturated carbocycles. The minimum Gasteiger partial charge on any atom is -0.359 e. The van der Waals surface area contributed by atoms with Gasteiger partial charge in [0.15, 0.2) is 0 Å². The zero-order chi connectivity index (χ0) is 12.1. The summed E-state index contributed by atoms with van der Waals surface area (Å²) in [5.41, 5.74) is 0. The van der Waals surface area contributed by atoms with Gasteiger partial charge in [-0.3, -0.25) is 4.79 Å². The second kappa shape index (κ2) is 6.37. The van der Waals surface area contributed by atoms with Crippen LogP contribution >= 0.6 is 27.3 Å². The van der Waals surface area contributed by atoms with Gasteiger partial charge in [-0.2, -0.15) is 0 Å². The molecule has 1 amide bonds. The molecule has 1 atom stereocenters. The fraction of sp³-hybridized carbons (Fsp3) is 0.545. The lowest BCUT2D eigenvalue weighted by molar-refractivity contribution is -0.124. The van der Waals surface area contributed by atoms with Crippen molar-refractivity contribution in [2.45, 2.75) is 13.5 Å². The van der Waals surface area contributed by atoms with E-state index in [0.717, 1.165) is 17.6 Å². The quantitative estimate of drug-likeness (QED) is 0.905. The minimum atomic E-state index is 0.0263. The van der Waals surface area contributed by atoms with Gasteiger partial charge in [0, 0.05) is 40.8 Å². The van der Waals surface area contributed by atoms with Crippen molar-refractivity contribution in [1.29, 1.82) is 0 Å². The third-order valence-electron chi connectivity index (χ3n) is 2.33. The van der Waals surface area contributed by atoms with Gasteiger partial charge in [0.05, 0.1) is 0 Å². The van der Waals surface area contributed by atoms with Crippen LogP contribution in [0.15, 0.2) is 15.9 Å². The number of halogens is 1. The lowest BCUT2D eigenvalue weighted by Crippen LogP contribution is -2.33. The maximum Gasteiger partial charge on any atom is 0.223 e. The van der Waals surface area contributed by atoms with Crippen molar-refractivity contribution < 1.29 is 4.79 Å². The van der Waals surface area contributed by atoms with E-state index < -0.39 is 0 Å². The van der Waals surface area contributed by atoms with Crippen LogP contribution in [0.25, 0.3) is 0 Å². The first-order chi connectivity index (χ1) is 7.52. The number of hydrogen-bond acceptors (Lipinski definition) is 3. The highest BCUT2D eigenvalue weighted by Crippen LogP contribution is 2.20. The van der Waals surface area contributed by atoms with Crippen molar-refractivity contribution in [2.75, 3.05) is 20.6 Å². The Kier molecular flexibility index (Phi) is 5.44. The largest absolute Gasteiger partial charge is 0.359 e. The fourth-order valence-corrected chi connectivity index (χ4v) is 3.09. The van der Waals surface area contributed by atoms with E-state index in [1.54, 1.807) is 18.4 Å². The summed E-state index contributed by atoms with van der Waals surface area (Å²) >= 11 is 5.17. The third kappa shape index (κ3) is 4.23. The van der Waals surface area contributed by atoms with Crippen LogP contribution < -0.4 is 5.32 Å². The van der Waals surface area contributed by atoms with Gasteiger partial charge >= 0.3 is 0 Å². The summed E-state index contributed by atoms with van der Waals surface area (Å²) < 4.78 is 1.13. The highest BCUT2D eigenvalue weighted by molar-refractivity contribution is 9.10. The average molecular weight is 305 g/mol. The maximum absolute atomic E-state index is 11.4. The van der Waals surface area contributed by atoms with Gasteiger partial charge in [-0.1, -0.05) is 6.92 Å². The van der Waals surface area contributed by atoms with E-state index in [1.165, 1.54) is 4.88 Å². The van der Waals surface area contributed by atoms with Gasteiger partial charge in [0.25, 0.3) is 0 Å². The highest BCUT2D eigenvalue weighted by atomic mass is 79.9. The normalized spacial score (nSPS) is 12.8. The third-order valence-corrected chi connectivity index (χ3v) is 4.01. The van der Waals surface area contributed by atoms with Crippen LogP contribution in [0.3, 0.4) is 0 Å². The molecule has 0 aliphatic carbocycles. The molecular formula is C11H17BrN2OS. The summed E-state index contributed by atoms with van der Waals surface area (Å²) in [7, 11) is 3.71. The Balaban J connectivity index is 2.41. The smallest absolute Gasteiger partial charge is 0.223 e. The van der Waals surface area contributed by atoms with Crippen LogP contribution in [0.1, 0.15) is 11.8 Å². The molecular weight excluding hydrogens is 288 g/mol. The first-order valence-corrected chi connectivity index (χ1v) is 6.83. The van der Waals surface area contributed by atoms with Gasteiger partial charge in [-0.25, -0.2) is 0 Å². The summed E-state index contributed by atoms with van der Waals surface area (Å²) in [4.78, 5) is 14.8. The topological polar surface area (TPSA) is 32.3 Å². The average Bonchev–Trinajstić information content (AvgIpc) is 2.62. The molecule has 0 spiro atoms. The lowest BCUT2D eigenvalue weighted by atomic mass is 10.1. The van der Waals surface area contributed by atoms with Gasteiger partial charge in [-0.15, -0.1) is 11.3 Å². The molecule has 16 heavy (non-hydrogen) atoms. The van der Waals surface area contributed by atoms with Gasteiger partial charge < -0.3 is 10.2 Å². The zero-order valence-electron chi connectivity index (χ0n) is 9.79. The van der Waals surface area contributed by atoms with Gasteiger partial charge in [0.1, 0.15) is 0 Å². The Hall–Kier alpha value is -0.390. The molecule has 90 valence electrons. The molecule has 1 heterocycles. The van der Waals surface area contributed by atoms with Crippen LogP contribution in [0.2, 0.25) is 0 Å². The number of rotatable bonds is 5. The van der Waals surface area contributed by atoms with Crippen LogP contribution in [-0.2, 0) is 11.3 Å². The molecule has 1 aromatic heterocycles. The molecule has 1 aromatic rings. The zero-order valence-corrected chi connectivity index (χ0v) is 12.2. The number of amides is 1. The second-order valence-electron chi connectivity index (χ2n) is 3.94. The number of hydrogen-bond donors (Lipinski definition) is 1. The van der Waals surface area contributed by atoms with Crippen LogP contribution in [-0.4, -0.2) is 31.4 Å². The van der Waals surface area contributed by atoms with Crippen molar-refractivity contribution in [1.82, 2.24) is 10.2 Å². The molecule has 0 saturated heterocycles. The SMILES string of the molecule is CNC(=O)C(C)CN(C)Cc1cc(Br)cs1. The van der Waals surface area contributed by atoms with Crippen LogP contribution in [0, 0.1) is 5.92 Å². The Morgan fingerprint density at radius 2 is 2.38 bits per heavy atom. The first-order valence-electron chi connectivity index (χ1n) is 5.16. The summed E-state index contributed by atoms with van der Waals surface area (Å²) in [5, 5.41) is 4.74. The van der Waals surface area contributed by atoms with E-state index >= 15 is 0 Å². The van der Waals surface area contributed by atoms with E-state index in [-0.39, 0.29) is 11.8 Å². The number of nitrogens with one attached hydrogen (secondary N) is 1. The molecule has 0 aromatic carbocycles. The Labute approximate surface area is 109 Å². The van der Waals surface area contributed by atoms with Gasteiger partial charge in [0.2, 0.25) is 5.91 Å². The minimum absolute atomic E-state index is 0.0263. The molecule has 0 bridgehead atoms. The molecule has 3 nitrogen and oxygen atoms in total. The van der Waals surface area contributed by atoms with Gasteiger partial charge in [-0.05, 0) is 29.0 Å². The second-order valence-corrected chi connectivity index (χ2v) is 5.85.